The van der Waals surface area contributed by atoms with Gasteiger partial charge in [-0.15, -0.1) is 11.3 Å². The van der Waals surface area contributed by atoms with Crippen molar-refractivity contribution in [1.29, 1.82) is 0 Å². The number of hydrogen-bond acceptors (Lipinski definition) is 6. The van der Waals surface area contributed by atoms with Crippen LogP contribution in [-0.2, 0) is 9.47 Å². The molecule has 1 aromatic carbocycles. The van der Waals surface area contributed by atoms with Crippen LogP contribution in [0, 0.1) is 10.5 Å². The summed E-state index contributed by atoms with van der Waals surface area (Å²) in [5, 5.41) is 2.99. The van der Waals surface area contributed by atoms with Gasteiger partial charge in [0.2, 0.25) is 0 Å². The van der Waals surface area contributed by atoms with E-state index in [-0.39, 0.29) is 34.6 Å². The smallest absolute Gasteiger partial charge is 0.348 e. The van der Waals surface area contributed by atoms with Gasteiger partial charge in [-0.1, -0.05) is 6.07 Å². The Bertz CT molecular complexity index is 846. The minimum absolute atomic E-state index is 0.180. The Hall–Kier alpha value is -1.94. The molecule has 0 radical (unpaired) electrons. The third-order valence-electron chi connectivity index (χ3n) is 3.40. The molecule has 0 saturated carbocycles. The number of nitrogens with one attached hydrogen (secondary N) is 1. The van der Waals surface area contributed by atoms with E-state index in [0.717, 1.165) is 14.9 Å². The summed E-state index contributed by atoms with van der Waals surface area (Å²) in [7, 11) is 0. The summed E-state index contributed by atoms with van der Waals surface area (Å²) < 4.78 is 11.0. The van der Waals surface area contributed by atoms with E-state index in [1.54, 1.807) is 39.0 Å². The van der Waals surface area contributed by atoms with Crippen LogP contribution in [-0.4, -0.2) is 31.1 Å². The molecule has 0 aliphatic heterocycles. The minimum Gasteiger partial charge on any atom is -0.462 e. The number of halogens is 1. The third-order valence-corrected chi connectivity index (χ3v) is 5.26. The molecular weight excluding hydrogens is 469 g/mol. The SMILES string of the molecule is CCOC(=O)c1sc(NC(=O)c2cccc(I)c2)c(C(=O)OCC)c1C. The van der Waals surface area contributed by atoms with Crippen molar-refractivity contribution < 1.29 is 23.9 Å². The fourth-order valence-corrected chi connectivity index (χ4v) is 3.87. The van der Waals surface area contributed by atoms with Crippen molar-refractivity contribution in [2.24, 2.45) is 0 Å². The summed E-state index contributed by atoms with van der Waals surface area (Å²) in [6, 6.07) is 7.04. The highest BCUT2D eigenvalue weighted by molar-refractivity contribution is 14.1. The van der Waals surface area contributed by atoms with Gasteiger partial charge in [-0.05, 0) is 67.1 Å². The molecule has 0 spiro atoms. The number of rotatable bonds is 6. The molecule has 6 nitrogen and oxygen atoms in total. The van der Waals surface area contributed by atoms with E-state index >= 15 is 0 Å². The van der Waals surface area contributed by atoms with Crippen LogP contribution in [0.2, 0.25) is 0 Å². The summed E-state index contributed by atoms with van der Waals surface area (Å²) in [6.07, 6.45) is 0. The maximum absolute atomic E-state index is 12.5. The molecule has 8 heteroatoms. The van der Waals surface area contributed by atoms with E-state index in [1.165, 1.54) is 0 Å². The summed E-state index contributed by atoms with van der Waals surface area (Å²) in [6.45, 7) is 5.43. The average molecular weight is 487 g/mol. The van der Waals surface area contributed by atoms with Gasteiger partial charge >= 0.3 is 11.9 Å². The summed E-state index contributed by atoms with van der Waals surface area (Å²) in [4.78, 5) is 37.3. The Morgan fingerprint density at radius 3 is 2.38 bits per heavy atom. The highest BCUT2D eigenvalue weighted by Gasteiger charge is 2.27. The van der Waals surface area contributed by atoms with Crippen LogP contribution in [0.1, 0.15) is 49.8 Å². The predicted octanol–water partition coefficient (Wildman–Crippen LogP) is 4.27. The molecule has 0 atom stereocenters. The zero-order valence-corrected chi connectivity index (χ0v) is 17.5. The standard InChI is InChI=1S/C18H18INO5S/c1-4-24-17(22)13-10(3)14(18(23)25-5-2)26-16(13)20-15(21)11-7-6-8-12(19)9-11/h6-9H,4-5H2,1-3H3,(H,20,21). The lowest BCUT2D eigenvalue weighted by Gasteiger charge is -2.07. The molecule has 1 amide bonds. The molecule has 1 heterocycles. The van der Waals surface area contributed by atoms with Gasteiger partial charge in [0.15, 0.2) is 0 Å². The minimum atomic E-state index is -0.588. The number of ether oxygens (including phenoxy) is 2. The molecule has 1 N–H and O–H groups in total. The molecule has 0 aliphatic rings. The average Bonchev–Trinajstić information content (AvgIpc) is 2.91. The maximum Gasteiger partial charge on any atom is 0.348 e. The van der Waals surface area contributed by atoms with Gasteiger partial charge in [-0.3, -0.25) is 4.79 Å². The molecule has 138 valence electrons. The number of benzene rings is 1. The van der Waals surface area contributed by atoms with E-state index in [1.807, 2.05) is 6.07 Å². The van der Waals surface area contributed by atoms with Crippen molar-refractivity contribution in [2.45, 2.75) is 20.8 Å². The van der Waals surface area contributed by atoms with Crippen molar-refractivity contribution in [3.8, 4) is 0 Å². The Morgan fingerprint density at radius 2 is 1.77 bits per heavy atom. The second-order valence-corrected chi connectivity index (χ2v) is 7.43. The quantitative estimate of drug-likeness (QED) is 0.487. The maximum atomic E-state index is 12.5. The molecule has 0 unspecified atom stereocenters. The molecule has 2 rings (SSSR count). The summed E-state index contributed by atoms with van der Waals surface area (Å²) >= 11 is 3.12. The topological polar surface area (TPSA) is 81.7 Å². The normalized spacial score (nSPS) is 10.3. The number of carbonyl (C=O) groups excluding carboxylic acids is 3. The van der Waals surface area contributed by atoms with Gasteiger partial charge in [0.25, 0.3) is 5.91 Å². The molecule has 26 heavy (non-hydrogen) atoms. The first-order valence-electron chi connectivity index (χ1n) is 7.93. The number of esters is 2. The van der Waals surface area contributed by atoms with Crippen LogP contribution < -0.4 is 5.32 Å². The lowest BCUT2D eigenvalue weighted by Crippen LogP contribution is -2.15. The lowest BCUT2D eigenvalue weighted by molar-refractivity contribution is 0.0527. The second kappa shape index (κ2) is 9.13. The third kappa shape index (κ3) is 4.61. The first-order chi connectivity index (χ1) is 12.4. The number of hydrogen-bond donors (Lipinski definition) is 1. The van der Waals surface area contributed by atoms with Crippen LogP contribution in [0.3, 0.4) is 0 Å². The Morgan fingerprint density at radius 1 is 1.12 bits per heavy atom. The van der Waals surface area contributed by atoms with Gasteiger partial charge in [-0.25, -0.2) is 9.59 Å². The van der Waals surface area contributed by atoms with Gasteiger partial charge in [0.1, 0.15) is 9.88 Å². The van der Waals surface area contributed by atoms with Crippen LogP contribution in [0.5, 0.6) is 0 Å². The van der Waals surface area contributed by atoms with Gasteiger partial charge in [0.05, 0.1) is 18.8 Å². The van der Waals surface area contributed by atoms with E-state index in [0.29, 0.717) is 11.1 Å². The number of carbonyl (C=O) groups is 3. The van der Waals surface area contributed by atoms with Crippen LogP contribution >= 0.6 is 33.9 Å². The molecular formula is C18H18INO5S. The zero-order chi connectivity index (χ0) is 19.3. The molecule has 0 saturated heterocycles. The van der Waals surface area contributed by atoms with E-state index in [2.05, 4.69) is 27.9 Å². The molecule has 0 bridgehead atoms. The van der Waals surface area contributed by atoms with Crippen molar-refractivity contribution in [1.82, 2.24) is 0 Å². The van der Waals surface area contributed by atoms with Crippen molar-refractivity contribution in [3.63, 3.8) is 0 Å². The van der Waals surface area contributed by atoms with Crippen LogP contribution in [0.15, 0.2) is 24.3 Å². The Kier molecular flexibility index (Phi) is 7.15. The van der Waals surface area contributed by atoms with Crippen LogP contribution in [0.4, 0.5) is 5.00 Å². The highest BCUT2D eigenvalue weighted by Crippen LogP contribution is 2.34. The number of anilines is 1. The lowest BCUT2D eigenvalue weighted by atomic mass is 10.1. The summed E-state index contributed by atoms with van der Waals surface area (Å²) in [5.41, 5.74) is 1.07. The summed E-state index contributed by atoms with van der Waals surface area (Å²) in [5.74, 6) is -1.49. The molecule has 2 aromatic rings. The first-order valence-corrected chi connectivity index (χ1v) is 9.83. The molecule has 0 fully saturated rings. The van der Waals surface area contributed by atoms with Crippen molar-refractivity contribution in [2.75, 3.05) is 18.5 Å². The van der Waals surface area contributed by atoms with E-state index < -0.39 is 11.9 Å². The predicted molar refractivity (Wildman–Crippen MR) is 108 cm³/mol. The Balaban J connectivity index is 2.42. The zero-order valence-electron chi connectivity index (χ0n) is 14.6. The highest BCUT2D eigenvalue weighted by atomic mass is 127. The number of thiophene rings is 1. The molecule has 1 aromatic heterocycles. The molecule has 0 aliphatic carbocycles. The second-order valence-electron chi connectivity index (χ2n) is 5.17. The fraction of sp³-hybridized carbons (Fsp3) is 0.278. The van der Waals surface area contributed by atoms with Gasteiger partial charge < -0.3 is 14.8 Å². The Labute approximate surface area is 169 Å². The van der Waals surface area contributed by atoms with Crippen molar-refractivity contribution >= 4 is 56.8 Å². The first kappa shape index (κ1) is 20.4. The fourth-order valence-electron chi connectivity index (χ4n) is 2.25. The number of amides is 1. The van der Waals surface area contributed by atoms with E-state index in [4.69, 9.17) is 9.47 Å². The van der Waals surface area contributed by atoms with Gasteiger partial charge in [0, 0.05) is 9.13 Å². The van der Waals surface area contributed by atoms with Crippen LogP contribution in [0.25, 0.3) is 0 Å². The van der Waals surface area contributed by atoms with E-state index in [9.17, 15) is 14.4 Å². The largest absolute Gasteiger partial charge is 0.462 e. The van der Waals surface area contributed by atoms with Crippen molar-refractivity contribution in [3.05, 3.63) is 49.4 Å². The van der Waals surface area contributed by atoms with Gasteiger partial charge in [-0.2, -0.15) is 0 Å². The monoisotopic (exact) mass is 487 g/mol.